The van der Waals surface area contributed by atoms with Gasteiger partial charge in [0.2, 0.25) is 5.91 Å². The zero-order valence-electron chi connectivity index (χ0n) is 10.3. The minimum atomic E-state index is -0.225. The Morgan fingerprint density at radius 3 is 2.72 bits per heavy atom. The van der Waals surface area contributed by atoms with E-state index in [1.807, 2.05) is 30.3 Å². The van der Waals surface area contributed by atoms with Crippen molar-refractivity contribution in [1.29, 1.82) is 0 Å². The van der Waals surface area contributed by atoms with Gasteiger partial charge in [0, 0.05) is 12.5 Å². The molecule has 2 N–H and O–H groups in total. The van der Waals surface area contributed by atoms with Crippen molar-refractivity contribution in [2.45, 2.75) is 37.8 Å². The Morgan fingerprint density at radius 1 is 1.33 bits per heavy atom. The highest BCUT2D eigenvalue weighted by Crippen LogP contribution is 2.19. The lowest BCUT2D eigenvalue weighted by molar-refractivity contribution is -0.123. The molecule has 0 radical (unpaired) electrons. The van der Waals surface area contributed by atoms with Gasteiger partial charge in [-0.3, -0.25) is 4.79 Å². The monoisotopic (exact) mass is 249 g/mol. The van der Waals surface area contributed by atoms with Crippen LogP contribution in [0.2, 0.25) is 0 Å². The SMILES string of the molecule is O=C(CCCOc1ccccc1)NC1CC(O)C1. The number of hydrogen-bond donors (Lipinski definition) is 2. The zero-order chi connectivity index (χ0) is 12.8. The average molecular weight is 249 g/mol. The van der Waals surface area contributed by atoms with E-state index in [4.69, 9.17) is 9.84 Å². The summed E-state index contributed by atoms with van der Waals surface area (Å²) in [6.07, 6.45) is 2.32. The predicted octanol–water partition coefficient (Wildman–Crippen LogP) is 1.49. The van der Waals surface area contributed by atoms with Crippen molar-refractivity contribution < 1.29 is 14.6 Å². The van der Waals surface area contributed by atoms with E-state index in [2.05, 4.69) is 5.32 Å². The van der Waals surface area contributed by atoms with Gasteiger partial charge in [0.05, 0.1) is 12.7 Å². The number of ether oxygens (including phenoxy) is 1. The van der Waals surface area contributed by atoms with Crippen LogP contribution in [0.15, 0.2) is 30.3 Å². The Labute approximate surface area is 107 Å². The van der Waals surface area contributed by atoms with Crippen molar-refractivity contribution in [2.24, 2.45) is 0 Å². The quantitative estimate of drug-likeness (QED) is 0.751. The molecular weight excluding hydrogens is 230 g/mol. The van der Waals surface area contributed by atoms with Crippen LogP contribution in [0, 0.1) is 0 Å². The number of para-hydroxylation sites is 1. The number of aliphatic hydroxyl groups excluding tert-OH is 1. The summed E-state index contributed by atoms with van der Waals surface area (Å²) < 4.78 is 5.50. The highest BCUT2D eigenvalue weighted by Gasteiger charge is 2.27. The first-order valence-electron chi connectivity index (χ1n) is 6.39. The standard InChI is InChI=1S/C14H19NO3/c16-12-9-11(10-12)15-14(17)7-4-8-18-13-5-2-1-3-6-13/h1-3,5-6,11-12,16H,4,7-10H2,(H,15,17). The second-order valence-corrected chi connectivity index (χ2v) is 4.65. The molecule has 0 unspecified atom stereocenters. The van der Waals surface area contributed by atoms with E-state index in [-0.39, 0.29) is 18.1 Å². The summed E-state index contributed by atoms with van der Waals surface area (Å²) in [6.45, 7) is 0.546. The van der Waals surface area contributed by atoms with E-state index >= 15 is 0 Å². The van der Waals surface area contributed by atoms with E-state index in [1.165, 1.54) is 0 Å². The van der Waals surface area contributed by atoms with Crippen LogP contribution in [-0.2, 0) is 4.79 Å². The molecule has 2 rings (SSSR count). The summed E-state index contributed by atoms with van der Waals surface area (Å²) in [6, 6.07) is 9.75. The molecule has 1 amide bonds. The third kappa shape index (κ3) is 4.04. The molecule has 0 aliphatic heterocycles. The number of amides is 1. The van der Waals surface area contributed by atoms with Crippen molar-refractivity contribution in [3.63, 3.8) is 0 Å². The zero-order valence-corrected chi connectivity index (χ0v) is 10.3. The first-order chi connectivity index (χ1) is 8.74. The Morgan fingerprint density at radius 2 is 2.06 bits per heavy atom. The Bertz CT molecular complexity index is 374. The van der Waals surface area contributed by atoms with Gasteiger partial charge in [-0.25, -0.2) is 0 Å². The number of benzene rings is 1. The van der Waals surface area contributed by atoms with Crippen molar-refractivity contribution in [3.05, 3.63) is 30.3 Å². The molecule has 1 aromatic rings. The minimum Gasteiger partial charge on any atom is -0.494 e. The minimum absolute atomic E-state index is 0.0450. The highest BCUT2D eigenvalue weighted by atomic mass is 16.5. The van der Waals surface area contributed by atoms with Crippen LogP contribution >= 0.6 is 0 Å². The fourth-order valence-electron chi connectivity index (χ4n) is 1.94. The maximum absolute atomic E-state index is 11.5. The van der Waals surface area contributed by atoms with Crippen LogP contribution in [0.3, 0.4) is 0 Å². The fraction of sp³-hybridized carbons (Fsp3) is 0.500. The van der Waals surface area contributed by atoms with Gasteiger partial charge in [-0.1, -0.05) is 18.2 Å². The van der Waals surface area contributed by atoms with Gasteiger partial charge in [-0.05, 0) is 31.4 Å². The first-order valence-corrected chi connectivity index (χ1v) is 6.39. The molecular formula is C14H19NO3. The molecule has 0 aromatic heterocycles. The van der Waals surface area contributed by atoms with Crippen LogP contribution < -0.4 is 10.1 Å². The number of rotatable bonds is 6. The smallest absolute Gasteiger partial charge is 0.220 e. The molecule has 4 heteroatoms. The normalized spacial score (nSPS) is 22.1. The van der Waals surface area contributed by atoms with Crippen molar-refractivity contribution >= 4 is 5.91 Å². The molecule has 4 nitrogen and oxygen atoms in total. The average Bonchev–Trinajstić information content (AvgIpc) is 2.34. The Balaban J connectivity index is 1.54. The predicted molar refractivity (Wildman–Crippen MR) is 68.3 cm³/mol. The van der Waals surface area contributed by atoms with Crippen molar-refractivity contribution in [3.8, 4) is 5.75 Å². The summed E-state index contributed by atoms with van der Waals surface area (Å²) in [5.74, 6) is 0.878. The third-order valence-corrected chi connectivity index (χ3v) is 3.04. The maximum atomic E-state index is 11.5. The molecule has 1 saturated carbocycles. The second kappa shape index (κ2) is 6.40. The fourth-order valence-corrected chi connectivity index (χ4v) is 1.94. The molecule has 1 aromatic carbocycles. The Hall–Kier alpha value is -1.55. The summed E-state index contributed by atoms with van der Waals surface area (Å²) in [7, 11) is 0. The first kappa shape index (κ1) is 12.9. The van der Waals surface area contributed by atoms with Crippen LogP contribution in [0.5, 0.6) is 5.75 Å². The molecule has 1 aliphatic rings. The topological polar surface area (TPSA) is 58.6 Å². The second-order valence-electron chi connectivity index (χ2n) is 4.65. The molecule has 0 bridgehead atoms. The summed E-state index contributed by atoms with van der Waals surface area (Å²) in [5.41, 5.74) is 0. The van der Waals surface area contributed by atoms with Crippen LogP contribution in [0.1, 0.15) is 25.7 Å². The van der Waals surface area contributed by atoms with Gasteiger partial charge in [0.25, 0.3) is 0 Å². The third-order valence-electron chi connectivity index (χ3n) is 3.04. The van der Waals surface area contributed by atoms with Gasteiger partial charge >= 0.3 is 0 Å². The number of nitrogens with one attached hydrogen (secondary N) is 1. The molecule has 0 heterocycles. The molecule has 18 heavy (non-hydrogen) atoms. The lowest BCUT2D eigenvalue weighted by Crippen LogP contribution is -2.46. The van der Waals surface area contributed by atoms with E-state index < -0.39 is 0 Å². The maximum Gasteiger partial charge on any atom is 0.220 e. The van der Waals surface area contributed by atoms with Gasteiger partial charge in [0.15, 0.2) is 0 Å². The van der Waals surface area contributed by atoms with Crippen molar-refractivity contribution in [1.82, 2.24) is 5.32 Å². The molecule has 0 saturated heterocycles. The molecule has 0 spiro atoms. The van der Waals surface area contributed by atoms with E-state index in [9.17, 15) is 4.79 Å². The van der Waals surface area contributed by atoms with Gasteiger partial charge < -0.3 is 15.2 Å². The van der Waals surface area contributed by atoms with Gasteiger partial charge in [-0.2, -0.15) is 0 Å². The van der Waals surface area contributed by atoms with Gasteiger partial charge in [0.1, 0.15) is 5.75 Å². The Kier molecular flexibility index (Phi) is 4.59. The molecule has 1 fully saturated rings. The number of carbonyl (C=O) groups is 1. The van der Waals surface area contributed by atoms with Crippen LogP contribution in [0.4, 0.5) is 0 Å². The lowest BCUT2D eigenvalue weighted by atomic mass is 9.89. The van der Waals surface area contributed by atoms with Gasteiger partial charge in [-0.15, -0.1) is 0 Å². The van der Waals surface area contributed by atoms with E-state index in [0.717, 1.165) is 5.75 Å². The summed E-state index contributed by atoms with van der Waals surface area (Å²) in [5, 5.41) is 12.0. The number of carbonyl (C=O) groups excluding carboxylic acids is 1. The molecule has 1 aliphatic carbocycles. The van der Waals surface area contributed by atoms with Crippen LogP contribution in [-0.4, -0.2) is 29.8 Å². The number of aliphatic hydroxyl groups is 1. The number of hydrogen-bond acceptors (Lipinski definition) is 3. The lowest BCUT2D eigenvalue weighted by Gasteiger charge is -2.31. The van der Waals surface area contributed by atoms with Crippen molar-refractivity contribution in [2.75, 3.05) is 6.61 Å². The molecule has 98 valence electrons. The summed E-state index contributed by atoms with van der Waals surface area (Å²) >= 11 is 0. The highest BCUT2D eigenvalue weighted by molar-refractivity contribution is 5.76. The van der Waals surface area contributed by atoms with E-state index in [1.54, 1.807) is 0 Å². The van der Waals surface area contributed by atoms with Crippen LogP contribution in [0.25, 0.3) is 0 Å². The molecule has 0 atom stereocenters. The summed E-state index contributed by atoms with van der Waals surface area (Å²) in [4.78, 5) is 11.5. The largest absolute Gasteiger partial charge is 0.494 e. The van der Waals surface area contributed by atoms with E-state index in [0.29, 0.717) is 32.3 Å².